The maximum absolute atomic E-state index is 12.5. The fraction of sp³-hybridized carbons (Fsp3) is 0.500. The van der Waals surface area contributed by atoms with Crippen molar-refractivity contribution < 1.29 is 19.1 Å². The molecule has 1 saturated heterocycles. The predicted octanol–water partition coefficient (Wildman–Crippen LogP) is 2.70. The van der Waals surface area contributed by atoms with E-state index >= 15 is 0 Å². The number of rotatable bonds is 4. The molecule has 3 rings (SSSR count). The molecule has 2 heterocycles. The van der Waals surface area contributed by atoms with E-state index in [2.05, 4.69) is 10.6 Å². The number of urea groups is 1. The maximum atomic E-state index is 12.5. The van der Waals surface area contributed by atoms with Crippen LogP contribution in [0.4, 0.5) is 16.2 Å². The first kappa shape index (κ1) is 16.9. The van der Waals surface area contributed by atoms with Crippen molar-refractivity contribution in [2.45, 2.75) is 25.9 Å². The summed E-state index contributed by atoms with van der Waals surface area (Å²) >= 11 is 6.21. The Morgan fingerprint density at radius 3 is 3.04 bits per heavy atom. The summed E-state index contributed by atoms with van der Waals surface area (Å²) in [5.41, 5.74) is 0.948. The minimum absolute atomic E-state index is 0.0534. The highest BCUT2D eigenvalue weighted by Gasteiger charge is 2.23. The van der Waals surface area contributed by atoms with Crippen LogP contribution in [0, 0.1) is 0 Å². The summed E-state index contributed by atoms with van der Waals surface area (Å²) in [7, 11) is 0. The second-order valence-corrected chi connectivity index (χ2v) is 6.18. The van der Waals surface area contributed by atoms with E-state index in [0.29, 0.717) is 35.2 Å². The van der Waals surface area contributed by atoms with Gasteiger partial charge in [-0.3, -0.25) is 4.79 Å². The summed E-state index contributed by atoms with van der Waals surface area (Å²) in [5.74, 6) is 0.251. The van der Waals surface area contributed by atoms with Gasteiger partial charge in [-0.15, -0.1) is 0 Å². The van der Waals surface area contributed by atoms with Gasteiger partial charge in [0.2, 0.25) is 0 Å². The van der Waals surface area contributed by atoms with E-state index in [1.807, 2.05) is 6.92 Å². The average molecular weight is 354 g/mol. The molecule has 0 aromatic heterocycles. The smallest absolute Gasteiger partial charge is 0.321 e. The average Bonchev–Trinajstić information content (AvgIpc) is 3.06. The van der Waals surface area contributed by atoms with Gasteiger partial charge >= 0.3 is 6.03 Å². The molecule has 0 saturated carbocycles. The lowest BCUT2D eigenvalue weighted by Crippen LogP contribution is -2.40. The van der Waals surface area contributed by atoms with E-state index in [-0.39, 0.29) is 24.6 Å². The van der Waals surface area contributed by atoms with Crippen LogP contribution in [0.3, 0.4) is 0 Å². The zero-order valence-corrected chi connectivity index (χ0v) is 14.2. The predicted molar refractivity (Wildman–Crippen MR) is 90.8 cm³/mol. The van der Waals surface area contributed by atoms with Crippen molar-refractivity contribution in [2.24, 2.45) is 0 Å². The van der Waals surface area contributed by atoms with Crippen LogP contribution >= 0.6 is 11.6 Å². The summed E-state index contributed by atoms with van der Waals surface area (Å²) in [6.45, 7) is 3.74. The van der Waals surface area contributed by atoms with Crippen molar-refractivity contribution in [3.63, 3.8) is 0 Å². The molecule has 1 fully saturated rings. The van der Waals surface area contributed by atoms with Gasteiger partial charge < -0.3 is 25.0 Å². The zero-order chi connectivity index (χ0) is 17.1. The molecule has 0 bridgehead atoms. The number of carbonyl (C=O) groups is 2. The van der Waals surface area contributed by atoms with Crippen molar-refractivity contribution in [2.75, 3.05) is 36.9 Å². The van der Waals surface area contributed by atoms with Gasteiger partial charge in [-0.25, -0.2) is 4.79 Å². The Labute approximate surface area is 145 Å². The summed E-state index contributed by atoms with van der Waals surface area (Å²) in [6.07, 6.45) is 2.09. The van der Waals surface area contributed by atoms with E-state index < -0.39 is 0 Å². The van der Waals surface area contributed by atoms with Crippen LogP contribution in [-0.2, 0) is 9.53 Å². The van der Waals surface area contributed by atoms with Gasteiger partial charge in [0.05, 0.1) is 22.5 Å². The van der Waals surface area contributed by atoms with Crippen molar-refractivity contribution in [1.29, 1.82) is 0 Å². The second-order valence-electron chi connectivity index (χ2n) is 5.77. The Balaban J connectivity index is 1.69. The van der Waals surface area contributed by atoms with Crippen molar-refractivity contribution in [3.8, 4) is 5.75 Å². The van der Waals surface area contributed by atoms with Crippen LogP contribution in [0.1, 0.15) is 19.8 Å². The first-order valence-corrected chi connectivity index (χ1v) is 8.38. The van der Waals surface area contributed by atoms with E-state index in [4.69, 9.17) is 21.1 Å². The number of carbonyl (C=O) groups excluding carboxylic acids is 2. The van der Waals surface area contributed by atoms with Crippen molar-refractivity contribution in [1.82, 2.24) is 4.90 Å². The number of hydrogen-bond acceptors (Lipinski definition) is 4. The molecule has 3 amide bonds. The molecule has 2 aliphatic heterocycles. The number of halogens is 1. The van der Waals surface area contributed by atoms with Gasteiger partial charge in [0, 0.05) is 25.8 Å². The highest BCUT2D eigenvalue weighted by molar-refractivity contribution is 6.34. The van der Waals surface area contributed by atoms with Gasteiger partial charge in [0.25, 0.3) is 5.91 Å². The summed E-state index contributed by atoms with van der Waals surface area (Å²) in [4.78, 5) is 25.5. The molecule has 1 aromatic carbocycles. The lowest BCUT2D eigenvalue weighted by Gasteiger charge is -2.25. The van der Waals surface area contributed by atoms with Crippen molar-refractivity contribution >= 4 is 34.9 Å². The molecule has 130 valence electrons. The van der Waals surface area contributed by atoms with Crippen LogP contribution < -0.4 is 15.4 Å². The van der Waals surface area contributed by atoms with Crippen LogP contribution in [-0.4, -0.2) is 49.2 Å². The molecule has 8 heteroatoms. The summed E-state index contributed by atoms with van der Waals surface area (Å²) < 4.78 is 10.9. The topological polar surface area (TPSA) is 79.9 Å². The maximum Gasteiger partial charge on any atom is 0.321 e. The minimum atomic E-state index is -0.241. The van der Waals surface area contributed by atoms with Gasteiger partial charge in [-0.05, 0) is 25.8 Å². The number of amides is 3. The van der Waals surface area contributed by atoms with E-state index in [1.54, 1.807) is 17.0 Å². The molecule has 0 radical (unpaired) electrons. The number of likely N-dealkylation sites (N-methyl/N-ethyl adjacent to an activating group) is 1. The van der Waals surface area contributed by atoms with E-state index in [9.17, 15) is 9.59 Å². The number of benzene rings is 1. The molecule has 24 heavy (non-hydrogen) atoms. The first-order valence-electron chi connectivity index (χ1n) is 8.00. The molecule has 1 aromatic rings. The summed E-state index contributed by atoms with van der Waals surface area (Å²) in [6, 6.07) is 2.95. The third kappa shape index (κ3) is 3.73. The Hall–Kier alpha value is -1.99. The van der Waals surface area contributed by atoms with Gasteiger partial charge in [-0.2, -0.15) is 0 Å². The third-order valence-corrected chi connectivity index (χ3v) is 4.37. The molecule has 0 aliphatic carbocycles. The molecule has 2 N–H and O–H groups in total. The Morgan fingerprint density at radius 1 is 1.50 bits per heavy atom. The van der Waals surface area contributed by atoms with Crippen LogP contribution in [0.25, 0.3) is 0 Å². The first-order chi connectivity index (χ1) is 11.6. The quantitative estimate of drug-likeness (QED) is 0.872. The largest absolute Gasteiger partial charge is 0.482 e. The van der Waals surface area contributed by atoms with Gasteiger partial charge in [0.15, 0.2) is 6.61 Å². The number of hydrogen-bond donors (Lipinski definition) is 2. The normalized spacial score (nSPS) is 19.2. The highest BCUT2D eigenvalue weighted by atomic mass is 35.5. The highest BCUT2D eigenvalue weighted by Crippen LogP contribution is 2.36. The molecular formula is C16H20ClN3O4. The van der Waals surface area contributed by atoms with Crippen LogP contribution in [0.5, 0.6) is 5.75 Å². The fourth-order valence-electron chi connectivity index (χ4n) is 2.78. The van der Waals surface area contributed by atoms with Crippen molar-refractivity contribution in [3.05, 3.63) is 17.2 Å². The fourth-order valence-corrected chi connectivity index (χ4v) is 2.99. The van der Waals surface area contributed by atoms with Crippen LogP contribution in [0.2, 0.25) is 5.02 Å². The van der Waals surface area contributed by atoms with Gasteiger partial charge in [-0.1, -0.05) is 11.6 Å². The molecule has 2 aliphatic rings. The summed E-state index contributed by atoms with van der Waals surface area (Å²) in [5, 5.41) is 5.81. The molecule has 7 nitrogen and oxygen atoms in total. The Morgan fingerprint density at radius 2 is 2.33 bits per heavy atom. The van der Waals surface area contributed by atoms with Crippen LogP contribution in [0.15, 0.2) is 12.1 Å². The number of anilines is 2. The Bertz CT molecular complexity index is 646. The third-order valence-electron chi connectivity index (χ3n) is 4.06. The van der Waals surface area contributed by atoms with E-state index in [1.165, 1.54) is 0 Å². The zero-order valence-electron chi connectivity index (χ0n) is 13.4. The number of nitrogens with zero attached hydrogens (tertiary/aromatic N) is 1. The lowest BCUT2D eigenvalue weighted by atomic mass is 10.2. The SMILES string of the molecule is CCN(C[C@@H]1CCCO1)C(=O)Nc1cc2c(cc1Cl)NC(=O)CO2. The monoisotopic (exact) mass is 353 g/mol. The minimum Gasteiger partial charge on any atom is -0.482 e. The lowest BCUT2D eigenvalue weighted by molar-refractivity contribution is -0.118. The molecule has 0 spiro atoms. The molecular weight excluding hydrogens is 334 g/mol. The molecule has 1 atom stereocenters. The van der Waals surface area contributed by atoms with Gasteiger partial charge in [0.1, 0.15) is 5.75 Å². The number of ether oxygens (including phenoxy) is 2. The Kier molecular flexibility index (Phi) is 5.11. The molecule has 0 unspecified atom stereocenters. The van der Waals surface area contributed by atoms with E-state index in [0.717, 1.165) is 19.4 Å². The second kappa shape index (κ2) is 7.27. The standard InChI is InChI=1S/C16H20ClN3O4/c1-2-20(8-10-4-3-5-23-10)16(22)19-12-7-14-13(6-11(12)17)18-15(21)9-24-14/h6-7,10H,2-5,8-9H2,1H3,(H,18,21)(H,19,22)/t10-/m0/s1. The number of fused-ring (bicyclic) bond motifs is 1. The number of nitrogens with one attached hydrogen (secondary N) is 2.